The van der Waals surface area contributed by atoms with E-state index in [1.807, 2.05) is 32.0 Å². The fourth-order valence-electron chi connectivity index (χ4n) is 3.05. The molecule has 1 aromatic heterocycles. The number of carbonyl (C=O) groups is 1. The Hall–Kier alpha value is -3.21. The molecule has 0 aliphatic carbocycles. The molecule has 26 heavy (non-hydrogen) atoms. The zero-order chi connectivity index (χ0) is 18.8. The van der Waals surface area contributed by atoms with Crippen LogP contribution in [0.5, 0.6) is 11.5 Å². The first-order valence-electron chi connectivity index (χ1n) is 8.55. The van der Waals surface area contributed by atoms with Gasteiger partial charge < -0.3 is 20.3 Å². The molecule has 0 spiro atoms. The predicted molar refractivity (Wildman–Crippen MR) is 101 cm³/mol. The van der Waals surface area contributed by atoms with Crippen molar-refractivity contribution >= 4 is 5.97 Å². The maximum absolute atomic E-state index is 11.5. The van der Waals surface area contributed by atoms with Crippen molar-refractivity contribution < 1.29 is 20.1 Å². The average molecular weight is 351 g/mol. The first-order valence-corrected chi connectivity index (χ1v) is 8.55. The van der Waals surface area contributed by atoms with Gasteiger partial charge in [-0.25, -0.2) is 4.79 Å². The predicted octanol–water partition coefficient (Wildman–Crippen LogP) is 4.58. The van der Waals surface area contributed by atoms with Crippen LogP contribution in [0.1, 0.15) is 35.5 Å². The summed E-state index contributed by atoms with van der Waals surface area (Å²) in [5, 5.41) is 29.7. The van der Waals surface area contributed by atoms with Crippen LogP contribution in [0.2, 0.25) is 0 Å². The molecule has 2 aromatic carbocycles. The average Bonchev–Trinajstić information content (AvgIpc) is 3.08. The molecule has 0 aliphatic heterocycles. The van der Waals surface area contributed by atoms with Crippen LogP contribution >= 0.6 is 0 Å². The molecule has 3 aromatic rings. The van der Waals surface area contributed by atoms with Crippen LogP contribution in [-0.2, 0) is 12.8 Å². The van der Waals surface area contributed by atoms with E-state index in [0.29, 0.717) is 23.2 Å². The van der Waals surface area contributed by atoms with E-state index in [9.17, 15) is 20.1 Å². The number of phenols is 2. The van der Waals surface area contributed by atoms with E-state index in [2.05, 4.69) is 4.98 Å². The van der Waals surface area contributed by atoms with Crippen molar-refractivity contribution in [3.8, 4) is 33.9 Å². The smallest absolute Gasteiger partial charge is 0.352 e. The highest BCUT2D eigenvalue weighted by atomic mass is 16.4. The third-order valence-corrected chi connectivity index (χ3v) is 4.56. The van der Waals surface area contributed by atoms with E-state index in [1.54, 1.807) is 18.2 Å². The highest BCUT2D eigenvalue weighted by Crippen LogP contribution is 2.39. The first-order chi connectivity index (χ1) is 12.4. The number of nitrogens with one attached hydrogen (secondary N) is 1. The summed E-state index contributed by atoms with van der Waals surface area (Å²) >= 11 is 0. The Morgan fingerprint density at radius 2 is 1.65 bits per heavy atom. The normalized spacial score (nSPS) is 10.8. The summed E-state index contributed by atoms with van der Waals surface area (Å²) in [5.41, 5.74) is 4.40. The number of rotatable bonds is 5. The summed E-state index contributed by atoms with van der Waals surface area (Å²) in [7, 11) is 0. The highest BCUT2D eigenvalue weighted by molar-refractivity contribution is 5.94. The quantitative estimate of drug-likeness (QED) is 0.541. The monoisotopic (exact) mass is 351 g/mol. The van der Waals surface area contributed by atoms with Gasteiger partial charge in [-0.05, 0) is 65.9 Å². The Morgan fingerprint density at radius 3 is 2.31 bits per heavy atom. The standard InChI is InChI=1S/C21H21NO4/c1-3-12-5-7-19(24)15(9-12)16-11-17(21(25)26)22-20(16)14-6-8-18(23)13(4-2)10-14/h5-11,22-24H,3-4H2,1-2H3,(H,25,26). The van der Waals surface area contributed by atoms with Crippen LogP contribution < -0.4 is 0 Å². The number of H-pyrrole nitrogens is 1. The maximum atomic E-state index is 11.5. The number of benzene rings is 2. The van der Waals surface area contributed by atoms with Crippen LogP contribution in [0, 0.1) is 0 Å². The zero-order valence-corrected chi connectivity index (χ0v) is 14.7. The van der Waals surface area contributed by atoms with Crippen LogP contribution in [-0.4, -0.2) is 26.3 Å². The second-order valence-corrected chi connectivity index (χ2v) is 6.18. The molecule has 3 rings (SSSR count). The molecule has 0 bridgehead atoms. The number of aryl methyl sites for hydroxylation is 2. The maximum Gasteiger partial charge on any atom is 0.352 e. The van der Waals surface area contributed by atoms with Crippen molar-refractivity contribution in [2.24, 2.45) is 0 Å². The number of aromatic amines is 1. The minimum Gasteiger partial charge on any atom is -0.508 e. The molecule has 5 nitrogen and oxygen atoms in total. The lowest BCUT2D eigenvalue weighted by Gasteiger charge is -2.10. The number of aromatic nitrogens is 1. The zero-order valence-electron chi connectivity index (χ0n) is 14.7. The number of aromatic carboxylic acids is 1. The molecule has 0 saturated carbocycles. The lowest BCUT2D eigenvalue weighted by atomic mass is 9.97. The fourth-order valence-corrected chi connectivity index (χ4v) is 3.05. The number of carboxylic acids is 1. The third kappa shape index (κ3) is 3.16. The molecule has 0 saturated heterocycles. The van der Waals surface area contributed by atoms with Crippen LogP contribution in [0.4, 0.5) is 0 Å². The molecule has 4 N–H and O–H groups in total. The van der Waals surface area contributed by atoms with Gasteiger partial charge in [0, 0.05) is 11.1 Å². The molecule has 0 unspecified atom stereocenters. The summed E-state index contributed by atoms with van der Waals surface area (Å²) in [6, 6.07) is 12.0. The molecule has 0 amide bonds. The Labute approximate surface area is 151 Å². The molecule has 0 atom stereocenters. The Bertz CT molecular complexity index is 972. The highest BCUT2D eigenvalue weighted by Gasteiger charge is 2.19. The minimum absolute atomic E-state index is 0.0439. The molecule has 0 radical (unpaired) electrons. The third-order valence-electron chi connectivity index (χ3n) is 4.56. The largest absolute Gasteiger partial charge is 0.508 e. The van der Waals surface area contributed by atoms with Gasteiger partial charge in [-0.15, -0.1) is 0 Å². The van der Waals surface area contributed by atoms with Crippen molar-refractivity contribution in [1.29, 1.82) is 0 Å². The van der Waals surface area contributed by atoms with Gasteiger partial charge in [-0.1, -0.05) is 19.9 Å². The van der Waals surface area contributed by atoms with Crippen LogP contribution in [0.15, 0.2) is 42.5 Å². The molecule has 1 heterocycles. The fraction of sp³-hybridized carbons (Fsp3) is 0.190. The summed E-state index contributed by atoms with van der Waals surface area (Å²) in [5.74, 6) is -0.773. The Balaban J connectivity index is 2.25. The van der Waals surface area contributed by atoms with E-state index >= 15 is 0 Å². The van der Waals surface area contributed by atoms with Gasteiger partial charge in [0.25, 0.3) is 0 Å². The lowest BCUT2D eigenvalue weighted by molar-refractivity contribution is 0.0691. The van der Waals surface area contributed by atoms with Crippen molar-refractivity contribution in [2.75, 3.05) is 0 Å². The van der Waals surface area contributed by atoms with Crippen LogP contribution in [0.25, 0.3) is 22.4 Å². The molecule has 5 heteroatoms. The van der Waals surface area contributed by atoms with Gasteiger partial charge in [0.2, 0.25) is 0 Å². The van der Waals surface area contributed by atoms with Crippen molar-refractivity contribution in [3.05, 3.63) is 59.3 Å². The van der Waals surface area contributed by atoms with Gasteiger partial charge in [0.05, 0.1) is 5.69 Å². The van der Waals surface area contributed by atoms with Gasteiger partial charge >= 0.3 is 5.97 Å². The topological polar surface area (TPSA) is 93.5 Å². The summed E-state index contributed by atoms with van der Waals surface area (Å²) in [4.78, 5) is 14.4. The van der Waals surface area contributed by atoms with Gasteiger partial charge in [-0.2, -0.15) is 0 Å². The van der Waals surface area contributed by atoms with Crippen molar-refractivity contribution in [2.45, 2.75) is 26.7 Å². The van der Waals surface area contributed by atoms with Gasteiger partial charge in [-0.3, -0.25) is 0 Å². The van der Waals surface area contributed by atoms with E-state index < -0.39 is 5.97 Å². The number of hydrogen-bond donors (Lipinski definition) is 4. The molecule has 0 fully saturated rings. The second-order valence-electron chi connectivity index (χ2n) is 6.18. The Kier molecular flexibility index (Phi) is 4.71. The summed E-state index contributed by atoms with van der Waals surface area (Å²) < 4.78 is 0. The van der Waals surface area contributed by atoms with E-state index in [0.717, 1.165) is 23.1 Å². The Morgan fingerprint density at radius 1 is 0.923 bits per heavy atom. The number of aromatic hydroxyl groups is 2. The first kappa shape index (κ1) is 17.6. The van der Waals surface area contributed by atoms with Crippen molar-refractivity contribution in [3.63, 3.8) is 0 Å². The minimum atomic E-state index is -1.07. The van der Waals surface area contributed by atoms with Crippen LogP contribution in [0.3, 0.4) is 0 Å². The summed E-state index contributed by atoms with van der Waals surface area (Å²) in [6.45, 7) is 3.96. The van der Waals surface area contributed by atoms with Gasteiger partial charge in [0.15, 0.2) is 0 Å². The molecular formula is C21H21NO4. The molecular weight excluding hydrogens is 330 g/mol. The van der Waals surface area contributed by atoms with E-state index in [1.165, 1.54) is 6.07 Å². The number of hydrogen-bond acceptors (Lipinski definition) is 3. The number of carboxylic acid groups (broad SMARTS) is 1. The lowest BCUT2D eigenvalue weighted by Crippen LogP contribution is -1.95. The van der Waals surface area contributed by atoms with Crippen molar-refractivity contribution in [1.82, 2.24) is 4.98 Å². The summed E-state index contributed by atoms with van der Waals surface area (Å²) in [6.07, 6.45) is 1.45. The van der Waals surface area contributed by atoms with E-state index in [4.69, 9.17) is 0 Å². The second kappa shape index (κ2) is 6.96. The van der Waals surface area contributed by atoms with Gasteiger partial charge in [0.1, 0.15) is 17.2 Å². The SMILES string of the molecule is CCc1ccc(O)c(-c2cc(C(=O)O)[nH]c2-c2ccc(O)c(CC)c2)c1. The number of phenolic OH excluding ortho intramolecular Hbond substituents is 2. The molecule has 134 valence electrons. The molecule has 0 aliphatic rings. The van der Waals surface area contributed by atoms with E-state index in [-0.39, 0.29) is 17.2 Å².